The number of halogens is 4. The summed E-state index contributed by atoms with van der Waals surface area (Å²) >= 11 is 0. The smallest absolute Gasteiger partial charge is 0.418 e. The number of benzene rings is 2. The van der Waals surface area contributed by atoms with Crippen LogP contribution in [0.5, 0.6) is 0 Å². The molecule has 2 N–H and O–H groups in total. The van der Waals surface area contributed by atoms with Crippen LogP contribution in [0.25, 0.3) is 0 Å². The van der Waals surface area contributed by atoms with Crippen molar-refractivity contribution in [3.05, 3.63) is 65.0 Å². The molecule has 1 aliphatic heterocycles. The summed E-state index contributed by atoms with van der Waals surface area (Å²) in [6.45, 7) is 0.0509. The van der Waals surface area contributed by atoms with Gasteiger partial charge in [0.05, 0.1) is 0 Å². The van der Waals surface area contributed by atoms with Gasteiger partial charge in [-0.15, -0.1) is 0 Å². The fourth-order valence-corrected chi connectivity index (χ4v) is 8.19. The van der Waals surface area contributed by atoms with Crippen LogP contribution in [0.15, 0.2) is 42.5 Å². The first kappa shape index (κ1) is 43.6. The molecule has 1 unspecified atom stereocenters. The van der Waals surface area contributed by atoms with Crippen LogP contribution in [-0.2, 0) is 42.5 Å². The summed E-state index contributed by atoms with van der Waals surface area (Å²) in [6.07, 6.45) is 11.1. The Morgan fingerprint density at radius 3 is 2.21 bits per heavy atom. The molecule has 0 aromatic heterocycles. The average molecular weight is 801 g/mol. The molecule has 1 saturated carbocycles. The summed E-state index contributed by atoms with van der Waals surface area (Å²) in [5.41, 5.74) is 0.101. The molecule has 3 aliphatic rings. The Morgan fingerprint density at radius 2 is 1.54 bits per heavy atom. The molecule has 10 nitrogen and oxygen atoms in total. The Hall–Kier alpha value is -4.49. The van der Waals surface area contributed by atoms with Gasteiger partial charge in [0.25, 0.3) is 5.91 Å². The maximum Gasteiger partial charge on any atom is 0.418 e. The number of unbranched alkanes of at least 4 members (excludes halogenated alkanes) is 7. The van der Waals surface area contributed by atoms with E-state index in [1.807, 2.05) is 0 Å². The first-order valence-corrected chi connectivity index (χ1v) is 20.6. The van der Waals surface area contributed by atoms with E-state index in [2.05, 4.69) is 10.6 Å². The number of hydrogen-bond acceptors (Lipinski definition) is 6. The number of rotatable bonds is 19. The van der Waals surface area contributed by atoms with E-state index < -0.39 is 54.6 Å². The van der Waals surface area contributed by atoms with E-state index in [4.69, 9.17) is 4.74 Å². The number of ether oxygens (including phenoxy) is 1. The molecule has 2 atom stereocenters. The maximum atomic E-state index is 13.8. The van der Waals surface area contributed by atoms with Crippen molar-refractivity contribution in [2.24, 2.45) is 5.92 Å². The van der Waals surface area contributed by atoms with Gasteiger partial charge in [-0.3, -0.25) is 19.2 Å². The third-order valence-corrected chi connectivity index (χ3v) is 11.6. The summed E-state index contributed by atoms with van der Waals surface area (Å²) in [5, 5.41) is 5.98. The summed E-state index contributed by atoms with van der Waals surface area (Å²) in [7, 11) is 0. The lowest BCUT2D eigenvalue weighted by Gasteiger charge is -2.31. The van der Waals surface area contributed by atoms with Crippen LogP contribution in [0, 0.1) is 11.7 Å². The van der Waals surface area contributed by atoms with Crippen molar-refractivity contribution in [2.75, 3.05) is 18.4 Å². The van der Waals surface area contributed by atoms with Crippen LogP contribution >= 0.6 is 0 Å². The Morgan fingerprint density at radius 1 is 0.895 bits per heavy atom. The zero-order valence-corrected chi connectivity index (χ0v) is 32.9. The van der Waals surface area contributed by atoms with Crippen molar-refractivity contribution < 1.29 is 46.3 Å². The van der Waals surface area contributed by atoms with Gasteiger partial charge in [0, 0.05) is 43.6 Å². The number of imide groups is 1. The van der Waals surface area contributed by atoms with Crippen LogP contribution in [0.3, 0.4) is 0 Å². The van der Waals surface area contributed by atoms with Crippen molar-refractivity contribution in [1.29, 1.82) is 0 Å². The topological polar surface area (TPSA) is 125 Å². The minimum Gasteiger partial charge on any atom is -0.427 e. The number of carbonyl (C=O) groups excluding carboxylic acids is 5. The summed E-state index contributed by atoms with van der Waals surface area (Å²) in [5.74, 6) is -1.97. The van der Waals surface area contributed by atoms with Gasteiger partial charge < -0.3 is 20.3 Å². The molecular formula is C43H56F4N4O6. The molecule has 5 rings (SSSR count). The van der Waals surface area contributed by atoms with Crippen molar-refractivity contribution in [3.8, 4) is 0 Å². The highest BCUT2D eigenvalue weighted by molar-refractivity contribution is 6.06. The van der Waals surface area contributed by atoms with Crippen LogP contribution in [0.4, 0.5) is 28.0 Å². The third-order valence-electron chi connectivity index (χ3n) is 11.6. The van der Waals surface area contributed by atoms with Gasteiger partial charge in [-0.05, 0) is 80.3 Å². The standard InChI is InChI=1S/C43H56F4N4O6/c1-30(43(45,46)47)50(28-32-17-19-34(44)20-18-32)39(54)29-51-40(55)42(57-41(51)56)24-23-33-27-35(21-22-36(33)42)49-37(52)16-12-6-4-2-3-5-9-13-25-48-38(53)26-31-14-10-7-8-11-15-31/h17-22,27,30-31H,2-16,23-26,28-29H2,1H3,(H,48,53)(H,49,52)/t30-,42?/m0/s1. The second-order valence-corrected chi connectivity index (χ2v) is 15.9. The summed E-state index contributed by atoms with van der Waals surface area (Å²) in [4.78, 5) is 66.0. The normalized spacial score (nSPS) is 18.9. The zero-order chi connectivity index (χ0) is 41.0. The van der Waals surface area contributed by atoms with Crippen LogP contribution in [0.1, 0.15) is 133 Å². The van der Waals surface area contributed by atoms with Crippen molar-refractivity contribution >= 4 is 35.4 Å². The number of alkyl halides is 3. The summed E-state index contributed by atoms with van der Waals surface area (Å²) < 4.78 is 60.3. The van der Waals surface area contributed by atoms with Crippen molar-refractivity contribution in [1.82, 2.24) is 15.1 Å². The second-order valence-electron chi connectivity index (χ2n) is 15.9. The van der Waals surface area contributed by atoms with E-state index in [0.29, 0.717) is 51.8 Å². The minimum absolute atomic E-state index is 0.0736. The number of amides is 5. The average Bonchev–Trinajstić information content (AvgIpc) is 3.49. The number of nitrogens with zero attached hydrogens (tertiary/aromatic N) is 2. The Balaban J connectivity index is 1.01. The first-order valence-electron chi connectivity index (χ1n) is 20.6. The van der Waals surface area contributed by atoms with Gasteiger partial charge >= 0.3 is 12.3 Å². The van der Waals surface area contributed by atoms with Gasteiger partial charge in [-0.2, -0.15) is 13.2 Å². The van der Waals surface area contributed by atoms with Gasteiger partial charge in [0.15, 0.2) is 0 Å². The van der Waals surface area contributed by atoms with Crippen LogP contribution < -0.4 is 10.6 Å². The number of carbonyl (C=O) groups is 5. The molecule has 312 valence electrons. The maximum absolute atomic E-state index is 13.8. The van der Waals surface area contributed by atoms with Crippen LogP contribution in [-0.4, -0.2) is 64.8 Å². The number of fused-ring (bicyclic) bond motifs is 2. The fourth-order valence-electron chi connectivity index (χ4n) is 8.19. The molecule has 0 bridgehead atoms. The van der Waals surface area contributed by atoms with E-state index >= 15 is 0 Å². The lowest BCUT2D eigenvalue weighted by atomic mass is 9.94. The van der Waals surface area contributed by atoms with E-state index in [1.165, 1.54) is 50.7 Å². The second kappa shape index (κ2) is 20.3. The van der Waals surface area contributed by atoms with Gasteiger partial charge in [-0.1, -0.05) is 82.4 Å². The molecule has 57 heavy (non-hydrogen) atoms. The van der Waals surface area contributed by atoms with E-state index in [0.717, 1.165) is 77.0 Å². The predicted octanol–water partition coefficient (Wildman–Crippen LogP) is 8.85. The SMILES string of the molecule is C[C@H](N(Cc1ccc(F)cc1)C(=O)CN1C(=O)OC2(CCc3cc(NC(=O)CCCCCCCCCCNC(=O)CC4CCCCCC4)ccc32)C1=O)C(F)(F)F. The molecule has 1 saturated heterocycles. The van der Waals surface area contributed by atoms with Crippen molar-refractivity contribution in [2.45, 2.75) is 147 Å². The first-order chi connectivity index (χ1) is 27.3. The van der Waals surface area contributed by atoms with E-state index in [1.54, 1.807) is 18.2 Å². The molecule has 2 aliphatic carbocycles. The van der Waals surface area contributed by atoms with Crippen LogP contribution in [0.2, 0.25) is 0 Å². The lowest BCUT2D eigenvalue weighted by molar-refractivity contribution is -0.187. The molecule has 2 aromatic rings. The quantitative estimate of drug-likeness (QED) is 0.0832. The molecule has 1 spiro atoms. The molecular weight excluding hydrogens is 744 g/mol. The van der Waals surface area contributed by atoms with E-state index in [9.17, 15) is 41.5 Å². The highest BCUT2D eigenvalue weighted by Crippen LogP contribution is 2.46. The van der Waals surface area contributed by atoms with Gasteiger partial charge in [0.1, 0.15) is 18.4 Å². The highest BCUT2D eigenvalue weighted by Gasteiger charge is 2.58. The monoisotopic (exact) mass is 800 g/mol. The van der Waals surface area contributed by atoms with Gasteiger partial charge in [-0.25, -0.2) is 14.1 Å². The minimum atomic E-state index is -4.81. The lowest BCUT2D eigenvalue weighted by Crippen LogP contribution is -2.51. The predicted molar refractivity (Wildman–Crippen MR) is 206 cm³/mol. The van der Waals surface area contributed by atoms with Crippen molar-refractivity contribution in [3.63, 3.8) is 0 Å². The molecule has 0 radical (unpaired) electrons. The zero-order valence-electron chi connectivity index (χ0n) is 32.9. The number of anilines is 1. The molecule has 2 fully saturated rings. The van der Waals surface area contributed by atoms with E-state index in [-0.39, 0.29) is 23.8 Å². The number of nitrogens with one attached hydrogen (secondary N) is 2. The number of aryl methyl sites for hydroxylation is 1. The fraction of sp³-hybridized carbons (Fsp3) is 0.605. The molecule has 2 aromatic carbocycles. The Bertz CT molecular complexity index is 1710. The Kier molecular flexibility index (Phi) is 15.5. The molecule has 14 heteroatoms. The number of hydrogen-bond donors (Lipinski definition) is 2. The third kappa shape index (κ3) is 12.0. The summed E-state index contributed by atoms with van der Waals surface area (Å²) in [6, 6.07) is 7.29. The van der Waals surface area contributed by atoms with Gasteiger partial charge in [0.2, 0.25) is 23.3 Å². The molecule has 5 amide bonds. The molecule has 1 heterocycles. The Labute approximate surface area is 332 Å². The largest absolute Gasteiger partial charge is 0.427 e. The highest BCUT2D eigenvalue weighted by atomic mass is 19.4.